The molecule has 1 heterocycles. The minimum atomic E-state index is -0.121. The van der Waals surface area contributed by atoms with E-state index in [1.54, 1.807) is 13.2 Å². The Morgan fingerprint density at radius 3 is 2.68 bits per heavy atom. The molecule has 0 aromatic carbocycles. The molecule has 1 aromatic heterocycles. The summed E-state index contributed by atoms with van der Waals surface area (Å²) in [4.78, 5) is 20.3. The van der Waals surface area contributed by atoms with Crippen molar-refractivity contribution in [3.63, 3.8) is 0 Å². The minimum Gasteiger partial charge on any atom is -0.372 e. The zero-order chi connectivity index (χ0) is 13.7. The van der Waals surface area contributed by atoms with E-state index >= 15 is 0 Å². The molecule has 19 heavy (non-hydrogen) atoms. The smallest absolute Gasteiger partial charge is 0.271 e. The summed E-state index contributed by atoms with van der Waals surface area (Å²) in [6, 6.07) is 0.287. The largest absolute Gasteiger partial charge is 0.372 e. The summed E-state index contributed by atoms with van der Waals surface area (Å²) < 4.78 is 0. The van der Waals surface area contributed by atoms with Gasteiger partial charge >= 0.3 is 0 Å². The Balaban J connectivity index is 1.90. The average Bonchev–Trinajstić information content (AvgIpc) is 2.48. The highest BCUT2D eigenvalue weighted by Crippen LogP contribution is 2.26. The first kappa shape index (κ1) is 13.8. The van der Waals surface area contributed by atoms with E-state index in [-0.39, 0.29) is 11.9 Å². The molecule has 0 unspecified atom stereocenters. The van der Waals surface area contributed by atoms with Crippen LogP contribution in [0.5, 0.6) is 0 Å². The van der Waals surface area contributed by atoms with Gasteiger partial charge in [-0.3, -0.25) is 9.78 Å². The van der Waals surface area contributed by atoms with E-state index in [1.165, 1.54) is 25.5 Å². The molecule has 1 saturated carbocycles. The van der Waals surface area contributed by atoms with Gasteiger partial charge in [-0.15, -0.1) is 0 Å². The molecule has 0 aliphatic heterocycles. The molecular formula is C14H22N4O. The van der Waals surface area contributed by atoms with Crippen LogP contribution in [0.2, 0.25) is 0 Å². The van der Waals surface area contributed by atoms with Crippen LogP contribution in [0.3, 0.4) is 0 Å². The second-order valence-electron chi connectivity index (χ2n) is 5.14. The Labute approximate surface area is 114 Å². The molecular weight excluding hydrogens is 240 g/mol. The lowest BCUT2D eigenvalue weighted by Gasteiger charge is -2.28. The quantitative estimate of drug-likeness (QED) is 0.873. The number of amides is 1. The van der Waals surface area contributed by atoms with Crippen LogP contribution in [0.25, 0.3) is 0 Å². The second kappa shape index (κ2) is 6.50. The van der Waals surface area contributed by atoms with Crippen LogP contribution in [-0.4, -0.2) is 29.0 Å². The lowest BCUT2D eigenvalue weighted by atomic mass is 9.84. The topological polar surface area (TPSA) is 66.9 Å². The molecule has 1 aromatic rings. The van der Waals surface area contributed by atoms with Gasteiger partial charge in [0.2, 0.25) is 0 Å². The summed E-state index contributed by atoms with van der Waals surface area (Å²) in [7, 11) is 1.76. The van der Waals surface area contributed by atoms with E-state index in [2.05, 4.69) is 27.5 Å². The zero-order valence-corrected chi connectivity index (χ0v) is 11.6. The standard InChI is InChI=1S/C14H22N4O/c1-3-10-4-6-11(7-5-10)17-14(19)12-8-16-9-13(15-2)18-12/h8-11H,3-7H2,1-2H3,(H,15,18)(H,17,19). The van der Waals surface area contributed by atoms with Crippen molar-refractivity contribution in [1.82, 2.24) is 15.3 Å². The first-order valence-corrected chi connectivity index (χ1v) is 7.03. The summed E-state index contributed by atoms with van der Waals surface area (Å²) in [5.74, 6) is 1.33. The lowest BCUT2D eigenvalue weighted by Crippen LogP contribution is -2.38. The molecule has 0 spiro atoms. The predicted molar refractivity (Wildman–Crippen MR) is 75.1 cm³/mol. The summed E-state index contributed by atoms with van der Waals surface area (Å²) in [5, 5.41) is 5.95. The minimum absolute atomic E-state index is 0.121. The average molecular weight is 262 g/mol. The van der Waals surface area contributed by atoms with Gasteiger partial charge in [0.1, 0.15) is 11.5 Å². The van der Waals surface area contributed by atoms with Crippen LogP contribution in [0, 0.1) is 5.92 Å². The van der Waals surface area contributed by atoms with Crippen molar-refractivity contribution in [1.29, 1.82) is 0 Å². The second-order valence-corrected chi connectivity index (χ2v) is 5.14. The van der Waals surface area contributed by atoms with Gasteiger partial charge in [-0.1, -0.05) is 13.3 Å². The van der Waals surface area contributed by atoms with Crippen molar-refractivity contribution >= 4 is 11.7 Å². The van der Waals surface area contributed by atoms with E-state index in [0.717, 1.165) is 18.8 Å². The molecule has 0 atom stereocenters. The maximum atomic E-state index is 12.1. The van der Waals surface area contributed by atoms with Gasteiger partial charge in [0.05, 0.1) is 12.4 Å². The maximum absolute atomic E-state index is 12.1. The van der Waals surface area contributed by atoms with Crippen molar-refractivity contribution in [3.05, 3.63) is 18.1 Å². The SMILES string of the molecule is CCC1CCC(NC(=O)c2cncc(NC)n2)CC1. The first-order valence-electron chi connectivity index (χ1n) is 7.03. The molecule has 0 radical (unpaired) electrons. The van der Waals surface area contributed by atoms with Crippen molar-refractivity contribution in [2.24, 2.45) is 5.92 Å². The molecule has 0 bridgehead atoms. The van der Waals surface area contributed by atoms with E-state index < -0.39 is 0 Å². The Morgan fingerprint density at radius 2 is 2.05 bits per heavy atom. The molecule has 2 rings (SSSR count). The summed E-state index contributed by atoms with van der Waals surface area (Å²) in [6.45, 7) is 2.24. The molecule has 1 aliphatic rings. The van der Waals surface area contributed by atoms with E-state index in [9.17, 15) is 4.79 Å². The first-order chi connectivity index (χ1) is 9.22. The summed E-state index contributed by atoms with van der Waals surface area (Å²) in [5.41, 5.74) is 0.379. The fourth-order valence-electron chi connectivity index (χ4n) is 2.57. The number of nitrogens with one attached hydrogen (secondary N) is 2. The van der Waals surface area contributed by atoms with Gasteiger partial charge in [0.25, 0.3) is 5.91 Å². The fourth-order valence-corrected chi connectivity index (χ4v) is 2.57. The van der Waals surface area contributed by atoms with Crippen LogP contribution in [0.1, 0.15) is 49.5 Å². The number of aromatic nitrogens is 2. The van der Waals surface area contributed by atoms with Gasteiger partial charge in [-0.25, -0.2) is 4.98 Å². The van der Waals surface area contributed by atoms with Crippen molar-refractivity contribution < 1.29 is 4.79 Å². The van der Waals surface area contributed by atoms with E-state index in [4.69, 9.17) is 0 Å². The highest BCUT2D eigenvalue weighted by Gasteiger charge is 2.22. The number of carbonyl (C=O) groups excluding carboxylic acids is 1. The van der Waals surface area contributed by atoms with Crippen LogP contribution in [0.4, 0.5) is 5.82 Å². The molecule has 0 saturated heterocycles. The molecule has 104 valence electrons. The number of hydrogen-bond donors (Lipinski definition) is 2. The Bertz CT molecular complexity index is 427. The Hall–Kier alpha value is -1.65. The van der Waals surface area contributed by atoms with E-state index in [0.29, 0.717) is 11.5 Å². The highest BCUT2D eigenvalue weighted by molar-refractivity contribution is 5.92. The number of anilines is 1. The Kier molecular flexibility index (Phi) is 4.71. The number of carbonyl (C=O) groups is 1. The van der Waals surface area contributed by atoms with Gasteiger partial charge in [-0.05, 0) is 31.6 Å². The molecule has 1 aliphatic carbocycles. The summed E-state index contributed by atoms with van der Waals surface area (Å²) >= 11 is 0. The van der Waals surface area contributed by atoms with Crippen LogP contribution in [0.15, 0.2) is 12.4 Å². The third-order valence-corrected chi connectivity index (χ3v) is 3.88. The van der Waals surface area contributed by atoms with Gasteiger partial charge in [-0.2, -0.15) is 0 Å². The fraction of sp³-hybridized carbons (Fsp3) is 0.643. The molecule has 5 heteroatoms. The maximum Gasteiger partial charge on any atom is 0.271 e. The van der Waals surface area contributed by atoms with Crippen LogP contribution < -0.4 is 10.6 Å². The molecule has 2 N–H and O–H groups in total. The molecule has 1 fully saturated rings. The third-order valence-electron chi connectivity index (χ3n) is 3.88. The van der Waals surface area contributed by atoms with Crippen molar-refractivity contribution in [2.45, 2.75) is 45.1 Å². The van der Waals surface area contributed by atoms with Gasteiger partial charge < -0.3 is 10.6 Å². The number of rotatable bonds is 4. The zero-order valence-electron chi connectivity index (χ0n) is 11.6. The molecule has 5 nitrogen and oxygen atoms in total. The predicted octanol–water partition coefficient (Wildman–Crippen LogP) is 2.22. The Morgan fingerprint density at radius 1 is 1.32 bits per heavy atom. The third kappa shape index (κ3) is 3.66. The lowest BCUT2D eigenvalue weighted by molar-refractivity contribution is 0.0916. The van der Waals surface area contributed by atoms with E-state index in [1.807, 2.05) is 0 Å². The summed E-state index contributed by atoms with van der Waals surface area (Å²) in [6.07, 6.45) is 8.92. The van der Waals surface area contributed by atoms with Gasteiger partial charge in [0, 0.05) is 13.1 Å². The normalized spacial score (nSPS) is 22.8. The number of nitrogens with zero attached hydrogens (tertiary/aromatic N) is 2. The van der Waals surface area contributed by atoms with Crippen LogP contribution in [-0.2, 0) is 0 Å². The number of hydrogen-bond acceptors (Lipinski definition) is 4. The van der Waals surface area contributed by atoms with Crippen molar-refractivity contribution in [2.75, 3.05) is 12.4 Å². The molecule has 1 amide bonds. The van der Waals surface area contributed by atoms with Crippen molar-refractivity contribution in [3.8, 4) is 0 Å². The van der Waals surface area contributed by atoms with Gasteiger partial charge in [0.15, 0.2) is 0 Å². The van der Waals surface area contributed by atoms with Crippen LogP contribution >= 0.6 is 0 Å². The monoisotopic (exact) mass is 262 g/mol. The highest BCUT2D eigenvalue weighted by atomic mass is 16.1.